The second-order valence-electron chi connectivity index (χ2n) is 2.81. The minimum absolute atomic E-state index is 0.552. The molecule has 0 heterocycles. The first kappa shape index (κ1) is 11.9. The fourth-order valence-corrected chi connectivity index (χ4v) is 1.07. The Morgan fingerprint density at radius 3 is 2.50 bits per heavy atom. The van der Waals surface area contributed by atoms with Crippen molar-refractivity contribution in [2.45, 2.75) is 0 Å². The lowest BCUT2D eigenvalue weighted by molar-refractivity contribution is -0.133. The van der Waals surface area contributed by atoms with E-state index in [1.165, 1.54) is 14.2 Å². The Bertz CT molecular complexity index is 440. The summed E-state index contributed by atoms with van der Waals surface area (Å²) >= 11 is 0. The fourth-order valence-electron chi connectivity index (χ4n) is 1.07. The van der Waals surface area contributed by atoms with Crippen LogP contribution in [-0.2, 0) is 9.53 Å². The van der Waals surface area contributed by atoms with Gasteiger partial charge in [0.15, 0.2) is 0 Å². The molecule has 0 N–H and O–H groups in total. The van der Waals surface area contributed by atoms with Crippen molar-refractivity contribution in [3.63, 3.8) is 0 Å². The van der Waals surface area contributed by atoms with Crippen molar-refractivity contribution in [3.05, 3.63) is 23.8 Å². The van der Waals surface area contributed by atoms with Gasteiger partial charge in [-0.3, -0.25) is 0 Å². The van der Waals surface area contributed by atoms with Crippen LogP contribution < -0.4 is 9.47 Å². The molecule has 4 nitrogen and oxygen atoms in total. The first-order valence-electron chi connectivity index (χ1n) is 4.53. The lowest BCUT2D eigenvalue weighted by atomic mass is 10.2. The zero-order chi connectivity index (χ0) is 12.0. The van der Waals surface area contributed by atoms with E-state index in [0.717, 1.165) is 0 Å². The van der Waals surface area contributed by atoms with Gasteiger partial charge in [-0.2, -0.15) is 0 Å². The molecule has 0 unspecified atom stereocenters. The molecule has 0 atom stereocenters. The smallest absolute Gasteiger partial charge is 0.384 e. The minimum Gasteiger partial charge on any atom is -0.497 e. The topological polar surface area (TPSA) is 44.8 Å². The van der Waals surface area contributed by atoms with E-state index < -0.39 is 5.97 Å². The highest BCUT2D eigenvalue weighted by Crippen LogP contribution is 2.23. The second kappa shape index (κ2) is 5.66. The third kappa shape index (κ3) is 2.92. The van der Waals surface area contributed by atoms with E-state index in [1.807, 2.05) is 0 Å². The number of carbonyl (C=O) groups is 1. The molecule has 0 radical (unpaired) electrons. The Labute approximate surface area is 94.1 Å². The van der Waals surface area contributed by atoms with E-state index in [4.69, 9.17) is 9.47 Å². The van der Waals surface area contributed by atoms with E-state index in [2.05, 4.69) is 16.6 Å². The maximum Gasteiger partial charge on any atom is 0.384 e. The van der Waals surface area contributed by atoms with Crippen LogP contribution in [0.3, 0.4) is 0 Å². The van der Waals surface area contributed by atoms with E-state index in [1.54, 1.807) is 25.3 Å². The average molecular weight is 220 g/mol. The van der Waals surface area contributed by atoms with Gasteiger partial charge in [-0.25, -0.2) is 4.79 Å². The minimum atomic E-state index is -0.585. The molecule has 0 amide bonds. The van der Waals surface area contributed by atoms with E-state index >= 15 is 0 Å². The number of rotatable bonds is 2. The molecule has 1 aromatic rings. The predicted octanol–water partition coefficient (Wildman–Crippen LogP) is 1.23. The standard InChI is InChI=1S/C12H12O4/c1-14-10-6-4-9(11(8-10)15-2)5-7-12(13)16-3/h4,6,8H,1-3H3. The highest BCUT2D eigenvalue weighted by Gasteiger charge is 2.02. The molecule has 16 heavy (non-hydrogen) atoms. The van der Waals surface area contributed by atoms with Gasteiger partial charge < -0.3 is 14.2 Å². The number of hydrogen-bond acceptors (Lipinski definition) is 4. The number of hydrogen-bond donors (Lipinski definition) is 0. The van der Waals surface area contributed by atoms with Crippen molar-refractivity contribution in [2.24, 2.45) is 0 Å². The van der Waals surface area contributed by atoms with Crippen LogP contribution in [0.2, 0.25) is 0 Å². The Morgan fingerprint density at radius 1 is 1.19 bits per heavy atom. The fraction of sp³-hybridized carbons (Fsp3) is 0.250. The Kier molecular flexibility index (Phi) is 4.22. The van der Waals surface area contributed by atoms with Crippen molar-refractivity contribution in [1.29, 1.82) is 0 Å². The van der Waals surface area contributed by atoms with E-state index in [0.29, 0.717) is 17.1 Å². The zero-order valence-electron chi connectivity index (χ0n) is 9.37. The second-order valence-corrected chi connectivity index (χ2v) is 2.81. The SMILES string of the molecule is COC(=O)C#Cc1ccc(OC)cc1OC. The summed E-state index contributed by atoms with van der Waals surface area (Å²) in [6.07, 6.45) is 0. The van der Waals surface area contributed by atoms with Crippen LogP contribution in [-0.4, -0.2) is 27.3 Å². The van der Waals surface area contributed by atoms with Gasteiger partial charge in [0, 0.05) is 12.0 Å². The maximum atomic E-state index is 10.8. The molecule has 4 heteroatoms. The van der Waals surface area contributed by atoms with Crippen LogP contribution in [0.4, 0.5) is 0 Å². The summed E-state index contributed by atoms with van der Waals surface area (Å²) in [5, 5.41) is 0. The molecule has 0 fully saturated rings. The van der Waals surface area contributed by atoms with E-state index in [-0.39, 0.29) is 0 Å². The summed E-state index contributed by atoms with van der Waals surface area (Å²) in [4.78, 5) is 10.8. The number of carbonyl (C=O) groups excluding carboxylic acids is 1. The van der Waals surface area contributed by atoms with Crippen molar-refractivity contribution in [1.82, 2.24) is 0 Å². The Morgan fingerprint density at radius 2 is 1.94 bits per heavy atom. The summed E-state index contributed by atoms with van der Waals surface area (Å²) in [6, 6.07) is 5.15. The predicted molar refractivity (Wildman–Crippen MR) is 58.4 cm³/mol. The number of esters is 1. The van der Waals surface area contributed by atoms with Crippen LogP contribution in [0.15, 0.2) is 18.2 Å². The maximum absolute atomic E-state index is 10.8. The van der Waals surface area contributed by atoms with Crippen molar-refractivity contribution in [3.8, 4) is 23.3 Å². The van der Waals surface area contributed by atoms with Crippen LogP contribution >= 0.6 is 0 Å². The van der Waals surface area contributed by atoms with Gasteiger partial charge in [0.1, 0.15) is 11.5 Å². The first-order chi connectivity index (χ1) is 7.71. The van der Waals surface area contributed by atoms with Crippen LogP contribution in [0.1, 0.15) is 5.56 Å². The quantitative estimate of drug-likeness (QED) is 0.555. The summed E-state index contributed by atoms with van der Waals surface area (Å²) in [7, 11) is 4.37. The molecule has 0 aliphatic heterocycles. The molecule has 0 spiro atoms. The van der Waals surface area contributed by atoms with Crippen LogP contribution in [0.5, 0.6) is 11.5 Å². The molecule has 0 aliphatic carbocycles. The highest BCUT2D eigenvalue weighted by molar-refractivity contribution is 5.89. The lowest BCUT2D eigenvalue weighted by Gasteiger charge is -2.05. The molecule has 0 saturated carbocycles. The van der Waals surface area contributed by atoms with Crippen LogP contribution in [0, 0.1) is 11.8 Å². The number of benzene rings is 1. The zero-order valence-corrected chi connectivity index (χ0v) is 9.37. The van der Waals surface area contributed by atoms with Crippen molar-refractivity contribution < 1.29 is 19.0 Å². The van der Waals surface area contributed by atoms with Gasteiger partial charge in [0.2, 0.25) is 0 Å². The third-order valence-electron chi connectivity index (χ3n) is 1.89. The summed E-state index contributed by atoms with van der Waals surface area (Å²) < 4.78 is 14.6. The van der Waals surface area contributed by atoms with E-state index in [9.17, 15) is 4.79 Å². The first-order valence-corrected chi connectivity index (χ1v) is 4.53. The molecular formula is C12H12O4. The lowest BCUT2D eigenvalue weighted by Crippen LogP contribution is -1.95. The molecule has 0 aliphatic rings. The summed E-state index contributed by atoms with van der Waals surface area (Å²) in [5.41, 5.74) is 0.605. The van der Waals surface area contributed by atoms with Gasteiger partial charge in [0.05, 0.1) is 26.9 Å². The molecule has 1 aromatic carbocycles. The number of methoxy groups -OCH3 is 3. The summed E-state index contributed by atoms with van der Waals surface area (Å²) in [5.74, 6) is 5.62. The van der Waals surface area contributed by atoms with Gasteiger partial charge in [0.25, 0.3) is 0 Å². The molecular weight excluding hydrogens is 208 g/mol. The van der Waals surface area contributed by atoms with Gasteiger partial charge in [-0.15, -0.1) is 0 Å². The average Bonchev–Trinajstić information content (AvgIpc) is 2.35. The Balaban J connectivity index is 3.03. The molecule has 0 bridgehead atoms. The molecule has 0 saturated heterocycles. The van der Waals surface area contributed by atoms with Crippen molar-refractivity contribution >= 4 is 5.97 Å². The third-order valence-corrected chi connectivity index (χ3v) is 1.89. The van der Waals surface area contributed by atoms with Crippen molar-refractivity contribution in [2.75, 3.05) is 21.3 Å². The summed E-state index contributed by atoms with van der Waals surface area (Å²) in [6.45, 7) is 0. The molecule has 84 valence electrons. The van der Waals surface area contributed by atoms with Gasteiger partial charge in [-0.05, 0) is 12.1 Å². The van der Waals surface area contributed by atoms with Gasteiger partial charge in [-0.1, -0.05) is 5.92 Å². The van der Waals surface area contributed by atoms with Gasteiger partial charge >= 0.3 is 5.97 Å². The highest BCUT2D eigenvalue weighted by atomic mass is 16.5. The monoisotopic (exact) mass is 220 g/mol. The van der Waals surface area contributed by atoms with Crippen LogP contribution in [0.25, 0.3) is 0 Å². The molecule has 0 aromatic heterocycles. The Hall–Kier alpha value is -2.15. The molecule has 1 rings (SSSR count). The number of ether oxygens (including phenoxy) is 3. The largest absolute Gasteiger partial charge is 0.497 e. The normalized spacial score (nSPS) is 8.69.